The van der Waals surface area contributed by atoms with Crippen molar-refractivity contribution in [3.05, 3.63) is 41.5 Å². The highest BCUT2D eigenvalue weighted by Crippen LogP contribution is 2.07. The molecular weight excluding hydrogens is 202 g/mol. The number of hydrogen-bond donors (Lipinski definition) is 2. The molecule has 0 bridgehead atoms. The smallest absolute Gasteiger partial charge is 0.0205 e. The van der Waals surface area contributed by atoms with Crippen LogP contribution in [0.4, 0.5) is 0 Å². The van der Waals surface area contributed by atoms with Gasteiger partial charge in [-0.2, -0.15) is 12.6 Å². The fraction of sp³-hybridized carbons (Fsp3) is 0.385. The molecule has 2 heteroatoms. The summed E-state index contributed by atoms with van der Waals surface area (Å²) in [6, 6.07) is 8.60. The molecule has 0 aromatic heterocycles. The van der Waals surface area contributed by atoms with Crippen LogP contribution in [0, 0.1) is 0 Å². The van der Waals surface area contributed by atoms with Crippen LogP contribution in [0.15, 0.2) is 30.3 Å². The third-order valence-electron chi connectivity index (χ3n) is 2.14. The van der Waals surface area contributed by atoms with E-state index in [-0.39, 0.29) is 0 Å². The summed E-state index contributed by atoms with van der Waals surface area (Å²) in [7, 11) is 0. The molecule has 82 valence electrons. The minimum Gasteiger partial charge on any atom is -0.313 e. The van der Waals surface area contributed by atoms with Crippen molar-refractivity contribution in [3.63, 3.8) is 0 Å². The third-order valence-corrected chi connectivity index (χ3v) is 2.39. The molecule has 0 heterocycles. The van der Waals surface area contributed by atoms with E-state index < -0.39 is 0 Å². The summed E-state index contributed by atoms with van der Waals surface area (Å²) in [5.41, 5.74) is 2.61. The van der Waals surface area contributed by atoms with Crippen LogP contribution in [0.3, 0.4) is 0 Å². The molecule has 0 aliphatic rings. The van der Waals surface area contributed by atoms with Gasteiger partial charge in [0.25, 0.3) is 0 Å². The average molecular weight is 221 g/mol. The molecular formula is C13H19NS. The predicted molar refractivity (Wildman–Crippen MR) is 71.3 cm³/mol. The van der Waals surface area contributed by atoms with Crippen LogP contribution in [0.25, 0.3) is 6.08 Å². The van der Waals surface area contributed by atoms with Gasteiger partial charge in [0.15, 0.2) is 0 Å². The molecule has 1 aromatic rings. The van der Waals surface area contributed by atoms with Gasteiger partial charge in [-0.15, -0.1) is 0 Å². The summed E-state index contributed by atoms with van der Waals surface area (Å²) in [6.45, 7) is 4.08. The van der Waals surface area contributed by atoms with Crippen LogP contribution in [0.1, 0.15) is 24.5 Å². The first kappa shape index (κ1) is 12.3. The lowest BCUT2D eigenvalue weighted by atomic mass is 10.1. The van der Waals surface area contributed by atoms with E-state index in [1.165, 1.54) is 11.1 Å². The van der Waals surface area contributed by atoms with E-state index in [4.69, 9.17) is 0 Å². The van der Waals surface area contributed by atoms with Crippen LogP contribution in [-0.4, -0.2) is 12.3 Å². The van der Waals surface area contributed by atoms with Gasteiger partial charge in [0.2, 0.25) is 0 Å². The normalized spacial score (nSPS) is 11.1. The highest BCUT2D eigenvalue weighted by atomic mass is 32.1. The first-order valence-corrected chi connectivity index (χ1v) is 6.07. The molecule has 15 heavy (non-hydrogen) atoms. The Kier molecular flexibility index (Phi) is 6.21. The lowest BCUT2D eigenvalue weighted by Crippen LogP contribution is -2.11. The van der Waals surface area contributed by atoms with Gasteiger partial charge in [0, 0.05) is 6.54 Å². The zero-order valence-corrected chi connectivity index (χ0v) is 10.1. The van der Waals surface area contributed by atoms with Gasteiger partial charge in [-0.05, 0) is 29.8 Å². The summed E-state index contributed by atoms with van der Waals surface area (Å²) in [6.07, 6.45) is 5.35. The lowest BCUT2D eigenvalue weighted by molar-refractivity contribution is 0.727. The summed E-state index contributed by atoms with van der Waals surface area (Å²) in [5, 5.41) is 3.32. The summed E-state index contributed by atoms with van der Waals surface area (Å²) in [5.74, 6) is 0.910. The van der Waals surface area contributed by atoms with Crippen molar-refractivity contribution < 1.29 is 0 Å². The molecule has 0 aliphatic carbocycles. The van der Waals surface area contributed by atoms with Gasteiger partial charge in [-0.3, -0.25) is 0 Å². The number of nitrogens with one attached hydrogen (secondary N) is 1. The monoisotopic (exact) mass is 221 g/mol. The number of benzene rings is 1. The molecule has 0 spiro atoms. The van der Waals surface area contributed by atoms with Crippen LogP contribution in [0.5, 0.6) is 0 Å². The largest absolute Gasteiger partial charge is 0.313 e. The minimum absolute atomic E-state index is 0.910. The van der Waals surface area contributed by atoms with Crippen molar-refractivity contribution in [2.24, 2.45) is 0 Å². The maximum absolute atomic E-state index is 4.17. The van der Waals surface area contributed by atoms with Gasteiger partial charge in [-0.25, -0.2) is 0 Å². The van der Waals surface area contributed by atoms with E-state index in [2.05, 4.69) is 61.3 Å². The van der Waals surface area contributed by atoms with Gasteiger partial charge in [0.05, 0.1) is 0 Å². The first-order chi connectivity index (χ1) is 7.36. The van der Waals surface area contributed by atoms with E-state index in [1.54, 1.807) is 0 Å². The standard InChI is InChI=1S/C13H19NS/c1-2-14-11-13-8-5-7-12(10-13)6-3-4-9-15/h3,5-8,10,14-15H,2,4,9,11H2,1H3. The summed E-state index contributed by atoms with van der Waals surface area (Å²) in [4.78, 5) is 0. The summed E-state index contributed by atoms with van der Waals surface area (Å²) < 4.78 is 0. The second-order valence-electron chi connectivity index (χ2n) is 3.44. The predicted octanol–water partition coefficient (Wildman–Crippen LogP) is 3.13. The summed E-state index contributed by atoms with van der Waals surface area (Å²) >= 11 is 4.17. The van der Waals surface area contributed by atoms with Crippen LogP contribution < -0.4 is 5.32 Å². The lowest BCUT2D eigenvalue weighted by Gasteiger charge is -2.02. The van der Waals surface area contributed by atoms with Crippen molar-refractivity contribution in [2.75, 3.05) is 12.3 Å². The first-order valence-electron chi connectivity index (χ1n) is 5.44. The Labute approximate surface area is 98.0 Å². The van der Waals surface area contributed by atoms with Gasteiger partial charge >= 0.3 is 0 Å². The Morgan fingerprint density at radius 3 is 3.00 bits per heavy atom. The van der Waals surface area contributed by atoms with E-state index in [1.807, 2.05) is 0 Å². The zero-order valence-electron chi connectivity index (χ0n) is 9.24. The van der Waals surface area contributed by atoms with Crippen LogP contribution >= 0.6 is 12.6 Å². The van der Waals surface area contributed by atoms with E-state index in [9.17, 15) is 0 Å². The van der Waals surface area contributed by atoms with Crippen LogP contribution in [-0.2, 0) is 6.54 Å². The third kappa shape index (κ3) is 5.05. The molecule has 1 nitrogen and oxygen atoms in total. The van der Waals surface area contributed by atoms with Crippen molar-refractivity contribution >= 4 is 18.7 Å². The molecule has 0 amide bonds. The van der Waals surface area contributed by atoms with Gasteiger partial charge in [0.1, 0.15) is 0 Å². The fourth-order valence-corrected chi connectivity index (χ4v) is 1.52. The molecule has 0 unspecified atom stereocenters. The molecule has 1 aromatic carbocycles. The maximum Gasteiger partial charge on any atom is 0.0205 e. The Hall–Kier alpha value is -0.730. The van der Waals surface area contributed by atoms with Crippen molar-refractivity contribution in [1.82, 2.24) is 5.32 Å². The number of rotatable bonds is 6. The van der Waals surface area contributed by atoms with Crippen LogP contribution in [0.2, 0.25) is 0 Å². The van der Waals surface area contributed by atoms with Crippen molar-refractivity contribution in [2.45, 2.75) is 19.9 Å². The van der Waals surface area contributed by atoms with E-state index in [0.29, 0.717) is 0 Å². The fourth-order valence-electron chi connectivity index (χ4n) is 1.37. The number of allylic oxidation sites excluding steroid dienone is 1. The SMILES string of the molecule is CCNCc1cccc(C=CCCS)c1. The minimum atomic E-state index is 0.910. The van der Waals surface area contributed by atoms with E-state index in [0.717, 1.165) is 25.3 Å². The Bertz CT molecular complexity index is 307. The van der Waals surface area contributed by atoms with Gasteiger partial charge in [-0.1, -0.05) is 43.3 Å². The zero-order chi connectivity index (χ0) is 10.9. The highest BCUT2D eigenvalue weighted by molar-refractivity contribution is 7.80. The average Bonchev–Trinajstić information content (AvgIpc) is 2.27. The quantitative estimate of drug-likeness (QED) is 0.703. The molecule has 1 rings (SSSR count). The van der Waals surface area contributed by atoms with Gasteiger partial charge < -0.3 is 5.32 Å². The molecule has 0 atom stereocenters. The highest BCUT2D eigenvalue weighted by Gasteiger charge is 1.92. The van der Waals surface area contributed by atoms with E-state index >= 15 is 0 Å². The molecule has 0 saturated carbocycles. The second kappa shape index (κ2) is 7.55. The van der Waals surface area contributed by atoms with Crippen molar-refractivity contribution in [3.8, 4) is 0 Å². The Balaban J connectivity index is 2.57. The maximum atomic E-state index is 4.17. The molecule has 0 fully saturated rings. The Morgan fingerprint density at radius 2 is 2.27 bits per heavy atom. The molecule has 1 N–H and O–H groups in total. The topological polar surface area (TPSA) is 12.0 Å². The Morgan fingerprint density at radius 1 is 1.40 bits per heavy atom. The number of hydrogen-bond acceptors (Lipinski definition) is 2. The van der Waals surface area contributed by atoms with Crippen molar-refractivity contribution in [1.29, 1.82) is 0 Å². The number of thiol groups is 1. The molecule has 0 saturated heterocycles. The molecule has 0 radical (unpaired) electrons. The second-order valence-corrected chi connectivity index (χ2v) is 3.89. The molecule has 0 aliphatic heterocycles.